The number of aromatic nitrogens is 6. The van der Waals surface area contributed by atoms with Crippen LogP contribution in [0, 0.1) is 0 Å². The summed E-state index contributed by atoms with van der Waals surface area (Å²) < 4.78 is 5.22. The third kappa shape index (κ3) is 2.51. The van der Waals surface area contributed by atoms with Crippen molar-refractivity contribution in [3.63, 3.8) is 0 Å². The van der Waals surface area contributed by atoms with Gasteiger partial charge in [0, 0.05) is 5.56 Å². The maximum atomic E-state index is 5.22. The van der Waals surface area contributed by atoms with Gasteiger partial charge in [-0.2, -0.15) is 9.78 Å². The van der Waals surface area contributed by atoms with Gasteiger partial charge >= 0.3 is 0 Å². The average Bonchev–Trinajstić information content (AvgIpc) is 3.30. The van der Waals surface area contributed by atoms with Crippen molar-refractivity contribution in [2.45, 2.75) is 6.54 Å². The van der Waals surface area contributed by atoms with Crippen LogP contribution in [0.15, 0.2) is 52.4 Å². The fourth-order valence-corrected chi connectivity index (χ4v) is 2.61. The molecule has 22 heavy (non-hydrogen) atoms. The van der Waals surface area contributed by atoms with Crippen LogP contribution < -0.4 is 0 Å². The topological polar surface area (TPSA) is 82.5 Å². The van der Waals surface area contributed by atoms with Gasteiger partial charge in [0.05, 0.1) is 4.88 Å². The fourth-order valence-electron chi connectivity index (χ4n) is 1.96. The van der Waals surface area contributed by atoms with Gasteiger partial charge in [-0.25, -0.2) is 0 Å². The number of nitrogens with zero attached hydrogens (tertiary/aromatic N) is 6. The van der Waals surface area contributed by atoms with E-state index in [9.17, 15) is 0 Å². The minimum atomic E-state index is 0.290. The van der Waals surface area contributed by atoms with Crippen molar-refractivity contribution in [3.05, 3.63) is 53.7 Å². The Morgan fingerprint density at radius 2 is 1.95 bits per heavy atom. The van der Waals surface area contributed by atoms with E-state index < -0.39 is 0 Å². The first-order valence-electron chi connectivity index (χ1n) is 6.58. The first-order valence-corrected chi connectivity index (χ1v) is 7.46. The molecule has 0 amide bonds. The standard InChI is InChI=1S/C14H10N6OS/c1-2-5-10(6-3-1)13-16-19-20(17-13)9-12-15-14(18-21-12)11-7-4-8-22-11/h1-8H,9H2. The quantitative estimate of drug-likeness (QED) is 0.576. The average molecular weight is 310 g/mol. The summed E-state index contributed by atoms with van der Waals surface area (Å²) in [6.07, 6.45) is 0. The molecule has 0 aliphatic carbocycles. The Morgan fingerprint density at radius 1 is 1.05 bits per heavy atom. The van der Waals surface area contributed by atoms with E-state index in [4.69, 9.17) is 4.52 Å². The van der Waals surface area contributed by atoms with Crippen LogP contribution >= 0.6 is 11.3 Å². The molecule has 0 aliphatic rings. The highest BCUT2D eigenvalue weighted by molar-refractivity contribution is 7.13. The normalized spacial score (nSPS) is 10.9. The van der Waals surface area contributed by atoms with E-state index >= 15 is 0 Å². The zero-order valence-corrected chi connectivity index (χ0v) is 12.1. The number of tetrazole rings is 1. The van der Waals surface area contributed by atoms with E-state index in [2.05, 4.69) is 25.6 Å². The van der Waals surface area contributed by atoms with E-state index in [1.54, 1.807) is 11.3 Å². The van der Waals surface area contributed by atoms with Gasteiger partial charge in [-0.3, -0.25) is 0 Å². The van der Waals surface area contributed by atoms with Crippen LogP contribution in [0.5, 0.6) is 0 Å². The summed E-state index contributed by atoms with van der Waals surface area (Å²) in [4.78, 5) is 6.74. The molecule has 0 bridgehead atoms. The molecule has 0 saturated carbocycles. The molecule has 4 rings (SSSR count). The Morgan fingerprint density at radius 3 is 2.77 bits per heavy atom. The molecule has 4 aromatic rings. The number of thiophene rings is 1. The van der Waals surface area contributed by atoms with E-state index in [0.29, 0.717) is 17.5 Å². The number of hydrogen-bond acceptors (Lipinski definition) is 7. The van der Waals surface area contributed by atoms with Crippen molar-refractivity contribution in [3.8, 4) is 22.1 Å². The Bertz CT molecular complexity index is 868. The number of rotatable bonds is 4. The highest BCUT2D eigenvalue weighted by atomic mass is 32.1. The molecule has 0 saturated heterocycles. The van der Waals surface area contributed by atoms with Crippen molar-refractivity contribution in [2.24, 2.45) is 0 Å². The summed E-state index contributed by atoms with van der Waals surface area (Å²) in [7, 11) is 0. The summed E-state index contributed by atoms with van der Waals surface area (Å²) in [6.45, 7) is 0.290. The molecule has 8 heteroatoms. The van der Waals surface area contributed by atoms with Crippen LogP contribution in [-0.4, -0.2) is 30.3 Å². The van der Waals surface area contributed by atoms with Gasteiger partial charge in [-0.05, 0) is 16.7 Å². The summed E-state index contributed by atoms with van der Waals surface area (Å²) in [5.74, 6) is 1.59. The molecule has 3 aromatic heterocycles. The molecule has 0 atom stereocenters. The lowest BCUT2D eigenvalue weighted by molar-refractivity contribution is 0.356. The second kappa shape index (κ2) is 5.49. The molecule has 0 spiro atoms. The minimum absolute atomic E-state index is 0.290. The predicted octanol–water partition coefficient (Wildman–Crippen LogP) is 2.50. The number of benzene rings is 1. The van der Waals surface area contributed by atoms with Crippen molar-refractivity contribution < 1.29 is 4.52 Å². The summed E-state index contributed by atoms with van der Waals surface area (Å²) in [6, 6.07) is 13.6. The third-order valence-electron chi connectivity index (χ3n) is 2.97. The molecule has 108 valence electrons. The summed E-state index contributed by atoms with van der Waals surface area (Å²) in [5, 5.41) is 18.3. The van der Waals surface area contributed by atoms with Gasteiger partial charge in [-0.1, -0.05) is 41.6 Å². The van der Waals surface area contributed by atoms with Crippen LogP contribution in [0.3, 0.4) is 0 Å². The summed E-state index contributed by atoms with van der Waals surface area (Å²) >= 11 is 1.56. The maximum absolute atomic E-state index is 5.22. The minimum Gasteiger partial charge on any atom is -0.337 e. The van der Waals surface area contributed by atoms with Gasteiger partial charge in [0.2, 0.25) is 11.6 Å². The van der Waals surface area contributed by atoms with Crippen molar-refractivity contribution >= 4 is 11.3 Å². The largest absolute Gasteiger partial charge is 0.337 e. The second-order valence-corrected chi connectivity index (χ2v) is 5.45. The van der Waals surface area contributed by atoms with E-state index in [0.717, 1.165) is 10.4 Å². The van der Waals surface area contributed by atoms with Gasteiger partial charge in [-0.15, -0.1) is 21.5 Å². The lowest BCUT2D eigenvalue weighted by Crippen LogP contribution is -2.04. The smallest absolute Gasteiger partial charge is 0.250 e. The molecule has 0 unspecified atom stereocenters. The first-order chi connectivity index (χ1) is 10.9. The van der Waals surface area contributed by atoms with Crippen LogP contribution in [0.4, 0.5) is 0 Å². The lowest BCUT2D eigenvalue weighted by atomic mass is 10.2. The van der Waals surface area contributed by atoms with Gasteiger partial charge in [0.15, 0.2) is 0 Å². The monoisotopic (exact) mass is 310 g/mol. The zero-order valence-electron chi connectivity index (χ0n) is 11.3. The summed E-state index contributed by atoms with van der Waals surface area (Å²) in [5.41, 5.74) is 0.915. The van der Waals surface area contributed by atoms with E-state index in [-0.39, 0.29) is 6.54 Å². The van der Waals surface area contributed by atoms with Crippen LogP contribution in [0.1, 0.15) is 5.89 Å². The lowest BCUT2D eigenvalue weighted by Gasteiger charge is -1.92. The molecule has 0 N–H and O–H groups in total. The van der Waals surface area contributed by atoms with Gasteiger partial charge in [0.25, 0.3) is 5.89 Å². The molecular formula is C14H10N6OS. The highest BCUT2D eigenvalue weighted by Crippen LogP contribution is 2.21. The van der Waals surface area contributed by atoms with E-state index in [1.165, 1.54) is 4.80 Å². The Hall–Kier alpha value is -2.87. The zero-order chi connectivity index (χ0) is 14.8. The van der Waals surface area contributed by atoms with E-state index in [1.807, 2.05) is 47.8 Å². The SMILES string of the molecule is c1ccc(-c2nnn(Cc3nc(-c4cccs4)no3)n2)cc1. The molecule has 1 aromatic carbocycles. The molecular weight excluding hydrogens is 300 g/mol. The fraction of sp³-hybridized carbons (Fsp3) is 0.0714. The highest BCUT2D eigenvalue weighted by Gasteiger charge is 2.12. The van der Waals surface area contributed by atoms with Crippen LogP contribution in [0.2, 0.25) is 0 Å². The van der Waals surface area contributed by atoms with Crippen molar-refractivity contribution in [2.75, 3.05) is 0 Å². The molecule has 0 aliphatic heterocycles. The maximum Gasteiger partial charge on any atom is 0.250 e. The van der Waals surface area contributed by atoms with Crippen LogP contribution in [-0.2, 0) is 6.54 Å². The first kappa shape index (κ1) is 12.8. The van der Waals surface area contributed by atoms with Gasteiger partial charge in [0.1, 0.15) is 6.54 Å². The Kier molecular flexibility index (Phi) is 3.20. The predicted molar refractivity (Wildman–Crippen MR) is 80.0 cm³/mol. The van der Waals surface area contributed by atoms with Crippen LogP contribution in [0.25, 0.3) is 22.1 Å². The second-order valence-electron chi connectivity index (χ2n) is 4.50. The Labute approximate surface area is 129 Å². The molecule has 0 fully saturated rings. The number of hydrogen-bond donors (Lipinski definition) is 0. The molecule has 0 radical (unpaired) electrons. The van der Waals surface area contributed by atoms with Crippen molar-refractivity contribution in [1.29, 1.82) is 0 Å². The third-order valence-corrected chi connectivity index (χ3v) is 3.84. The van der Waals surface area contributed by atoms with Crippen molar-refractivity contribution in [1.82, 2.24) is 30.3 Å². The van der Waals surface area contributed by atoms with Gasteiger partial charge < -0.3 is 4.52 Å². The molecule has 7 nitrogen and oxygen atoms in total. The molecule has 3 heterocycles. The Balaban J connectivity index is 1.54.